The Morgan fingerprint density at radius 2 is 2.04 bits per heavy atom. The van der Waals surface area contributed by atoms with Crippen LogP contribution in [-0.2, 0) is 31.1 Å². The molecule has 0 aromatic heterocycles. The fourth-order valence-electron chi connectivity index (χ4n) is 5.79. The first-order chi connectivity index (χ1) is 12.3. The number of hydrogen-bond donors (Lipinski definition) is 1. The molecule has 1 aromatic rings. The molecule has 3 aliphatic rings. The van der Waals surface area contributed by atoms with Gasteiger partial charge in [-0.25, -0.2) is 4.79 Å². The lowest BCUT2D eigenvalue weighted by molar-refractivity contribution is -0.156. The summed E-state index contributed by atoms with van der Waals surface area (Å²) in [7, 11) is 1.33. The summed E-state index contributed by atoms with van der Waals surface area (Å²) in [6.45, 7) is 3.93. The molecule has 5 atom stereocenters. The maximum atomic E-state index is 12.9. The zero-order valence-electron chi connectivity index (χ0n) is 15.2. The third kappa shape index (κ3) is 2.01. The molecule has 0 radical (unpaired) electrons. The Kier molecular flexibility index (Phi) is 3.65. The second-order valence-corrected chi connectivity index (χ2v) is 7.95. The highest BCUT2D eigenvalue weighted by Crippen LogP contribution is 2.61. The van der Waals surface area contributed by atoms with Gasteiger partial charge >= 0.3 is 11.9 Å². The fraction of sp³-hybridized carbons (Fsp3) is 0.550. The molecule has 138 valence electrons. The molecule has 1 saturated heterocycles. The minimum absolute atomic E-state index is 0.0707. The number of carbonyl (C=O) groups is 3. The number of nitrogens with zero attached hydrogens (tertiary/aromatic N) is 1. The highest BCUT2D eigenvalue weighted by Gasteiger charge is 2.67. The lowest BCUT2D eigenvalue weighted by atomic mass is 9.72. The van der Waals surface area contributed by atoms with Gasteiger partial charge in [0.25, 0.3) is 0 Å². The highest BCUT2D eigenvalue weighted by atomic mass is 16.5. The molecule has 1 aliphatic carbocycles. The lowest BCUT2D eigenvalue weighted by Gasteiger charge is -2.48. The van der Waals surface area contributed by atoms with Gasteiger partial charge in [0, 0.05) is 18.8 Å². The lowest BCUT2D eigenvalue weighted by Crippen LogP contribution is -2.58. The maximum Gasteiger partial charge on any atom is 0.328 e. The summed E-state index contributed by atoms with van der Waals surface area (Å²) in [5.41, 5.74) is 2.39. The standard InChI is InChI=1S/C20H23NO5/c1-10-4-5-13-12(6-10)7-15(19(25)26-3)21-16(22)8-14-17(18(23)24)11(2)9-20(13,14)21/h4-6,11,14-15,17H,7-9H2,1-3H3,(H,23,24)/t11-,14-,15-,17+,20-/m0/s1. The normalized spacial score (nSPS) is 34.9. The first-order valence-corrected chi connectivity index (χ1v) is 9.04. The van der Waals surface area contributed by atoms with E-state index in [1.165, 1.54) is 7.11 Å². The van der Waals surface area contributed by atoms with Crippen molar-refractivity contribution in [2.45, 2.75) is 44.7 Å². The van der Waals surface area contributed by atoms with Crippen LogP contribution in [0.2, 0.25) is 0 Å². The molecule has 2 fully saturated rings. The predicted molar refractivity (Wildman–Crippen MR) is 92.2 cm³/mol. The van der Waals surface area contributed by atoms with Gasteiger partial charge in [0.2, 0.25) is 5.91 Å². The van der Waals surface area contributed by atoms with Crippen molar-refractivity contribution >= 4 is 17.8 Å². The third-order valence-corrected chi connectivity index (χ3v) is 6.60. The minimum atomic E-state index is -0.858. The fourth-order valence-corrected chi connectivity index (χ4v) is 5.79. The van der Waals surface area contributed by atoms with Crippen molar-refractivity contribution in [1.82, 2.24) is 4.90 Å². The Bertz CT molecular complexity index is 818. The van der Waals surface area contributed by atoms with Gasteiger partial charge in [-0.3, -0.25) is 9.59 Å². The van der Waals surface area contributed by atoms with Crippen molar-refractivity contribution in [2.75, 3.05) is 7.11 Å². The number of fused-ring (bicyclic) bond motifs is 1. The van der Waals surface area contributed by atoms with Gasteiger partial charge in [0.05, 0.1) is 18.6 Å². The molecule has 1 saturated carbocycles. The van der Waals surface area contributed by atoms with Crippen molar-refractivity contribution in [3.05, 3.63) is 34.9 Å². The minimum Gasteiger partial charge on any atom is -0.481 e. The zero-order chi connectivity index (χ0) is 18.8. The second-order valence-electron chi connectivity index (χ2n) is 7.95. The van der Waals surface area contributed by atoms with Crippen LogP contribution in [0.3, 0.4) is 0 Å². The van der Waals surface area contributed by atoms with Gasteiger partial charge in [-0.15, -0.1) is 0 Å². The summed E-state index contributed by atoms with van der Waals surface area (Å²) in [5.74, 6) is -2.42. The van der Waals surface area contributed by atoms with E-state index < -0.39 is 29.4 Å². The molecule has 26 heavy (non-hydrogen) atoms. The second kappa shape index (κ2) is 5.56. The van der Waals surface area contributed by atoms with Gasteiger partial charge in [0.1, 0.15) is 6.04 Å². The summed E-state index contributed by atoms with van der Waals surface area (Å²) < 4.78 is 4.99. The van der Waals surface area contributed by atoms with E-state index in [9.17, 15) is 19.5 Å². The Balaban J connectivity index is 1.96. The van der Waals surface area contributed by atoms with Crippen LogP contribution in [0.4, 0.5) is 0 Å². The number of benzene rings is 1. The molecule has 4 rings (SSSR count). The van der Waals surface area contributed by atoms with Crippen LogP contribution in [0.25, 0.3) is 0 Å². The van der Waals surface area contributed by atoms with E-state index in [1.807, 2.05) is 26.0 Å². The Labute approximate surface area is 152 Å². The highest BCUT2D eigenvalue weighted by molar-refractivity contribution is 5.90. The van der Waals surface area contributed by atoms with Crippen LogP contribution in [0, 0.1) is 24.7 Å². The molecule has 1 amide bonds. The van der Waals surface area contributed by atoms with Crippen molar-refractivity contribution in [1.29, 1.82) is 0 Å². The SMILES string of the molecule is COC(=O)[C@@H]1Cc2cc(C)ccc2[C@@]23C[C@H](C)[C@@H](C(=O)O)[C@@H]2CC(=O)N13. The largest absolute Gasteiger partial charge is 0.481 e. The van der Waals surface area contributed by atoms with Crippen molar-refractivity contribution in [3.63, 3.8) is 0 Å². The molecule has 2 heterocycles. The Morgan fingerprint density at radius 3 is 2.69 bits per heavy atom. The summed E-state index contributed by atoms with van der Waals surface area (Å²) in [5, 5.41) is 9.80. The van der Waals surface area contributed by atoms with E-state index in [0.717, 1.165) is 16.7 Å². The monoisotopic (exact) mass is 357 g/mol. The number of amides is 1. The average Bonchev–Trinajstić information content (AvgIpc) is 3.00. The summed E-state index contributed by atoms with van der Waals surface area (Å²) in [6.07, 6.45) is 1.14. The van der Waals surface area contributed by atoms with Gasteiger partial charge < -0.3 is 14.7 Å². The van der Waals surface area contributed by atoms with E-state index in [4.69, 9.17) is 4.74 Å². The van der Waals surface area contributed by atoms with Crippen LogP contribution in [0.1, 0.15) is 36.5 Å². The number of rotatable bonds is 2. The maximum absolute atomic E-state index is 12.9. The van der Waals surface area contributed by atoms with E-state index >= 15 is 0 Å². The molecule has 6 heteroatoms. The number of carboxylic acids is 1. The number of aliphatic carboxylic acids is 1. The van der Waals surface area contributed by atoms with Crippen LogP contribution in [0.5, 0.6) is 0 Å². The van der Waals surface area contributed by atoms with Crippen molar-refractivity contribution < 1.29 is 24.2 Å². The molecule has 1 N–H and O–H groups in total. The number of aryl methyl sites for hydroxylation is 1. The molecule has 6 nitrogen and oxygen atoms in total. The molecular weight excluding hydrogens is 334 g/mol. The number of carboxylic acid groups (broad SMARTS) is 1. The summed E-state index contributed by atoms with van der Waals surface area (Å²) in [4.78, 5) is 39.0. The van der Waals surface area contributed by atoms with Gasteiger partial charge in [-0.1, -0.05) is 30.7 Å². The molecule has 0 bridgehead atoms. The number of carbonyl (C=O) groups excluding carboxylic acids is 2. The molecule has 2 aliphatic heterocycles. The van der Waals surface area contributed by atoms with E-state index in [0.29, 0.717) is 12.8 Å². The number of hydrogen-bond acceptors (Lipinski definition) is 4. The smallest absolute Gasteiger partial charge is 0.328 e. The number of esters is 1. The topological polar surface area (TPSA) is 83.9 Å². The van der Waals surface area contributed by atoms with Crippen molar-refractivity contribution in [2.24, 2.45) is 17.8 Å². The van der Waals surface area contributed by atoms with Gasteiger partial charge in [-0.05, 0) is 30.4 Å². The van der Waals surface area contributed by atoms with Crippen LogP contribution in [-0.4, -0.2) is 41.0 Å². The zero-order valence-corrected chi connectivity index (χ0v) is 15.2. The number of ether oxygens (including phenoxy) is 1. The van der Waals surface area contributed by atoms with Crippen LogP contribution in [0.15, 0.2) is 18.2 Å². The van der Waals surface area contributed by atoms with Crippen molar-refractivity contribution in [3.8, 4) is 0 Å². The predicted octanol–water partition coefficient (Wildman–Crippen LogP) is 1.88. The molecular formula is C20H23NO5. The average molecular weight is 357 g/mol. The molecule has 0 unspecified atom stereocenters. The van der Waals surface area contributed by atoms with Gasteiger partial charge in [-0.2, -0.15) is 0 Å². The number of methoxy groups -OCH3 is 1. The molecule has 1 spiro atoms. The van der Waals surface area contributed by atoms with Gasteiger partial charge in [0.15, 0.2) is 0 Å². The Hall–Kier alpha value is -2.37. The van der Waals surface area contributed by atoms with E-state index in [2.05, 4.69) is 6.07 Å². The van der Waals surface area contributed by atoms with E-state index in [-0.39, 0.29) is 24.2 Å². The first-order valence-electron chi connectivity index (χ1n) is 9.04. The Morgan fingerprint density at radius 1 is 1.31 bits per heavy atom. The van der Waals surface area contributed by atoms with Crippen LogP contribution >= 0.6 is 0 Å². The quantitative estimate of drug-likeness (QED) is 0.817. The summed E-state index contributed by atoms with van der Waals surface area (Å²) >= 11 is 0. The molecule has 1 aromatic carbocycles. The van der Waals surface area contributed by atoms with E-state index in [1.54, 1.807) is 4.90 Å². The van der Waals surface area contributed by atoms with Crippen LogP contribution < -0.4 is 0 Å². The summed E-state index contributed by atoms with van der Waals surface area (Å²) in [6, 6.07) is 5.39. The third-order valence-electron chi connectivity index (χ3n) is 6.60. The first kappa shape index (κ1) is 17.1.